The molecule has 0 aromatic heterocycles. The SMILES string of the molecule is O=C(N/N=C\c1ccc(-c2ccccc2)cc1)c1cccc(C(F)(F)F)c1. The molecule has 0 aliphatic carbocycles. The summed E-state index contributed by atoms with van der Waals surface area (Å²) in [4.78, 5) is 12.0. The van der Waals surface area contributed by atoms with Gasteiger partial charge in [0.2, 0.25) is 0 Å². The number of alkyl halides is 3. The van der Waals surface area contributed by atoms with Crippen LogP contribution in [0.25, 0.3) is 11.1 Å². The van der Waals surface area contributed by atoms with Gasteiger partial charge >= 0.3 is 6.18 Å². The summed E-state index contributed by atoms with van der Waals surface area (Å²) >= 11 is 0. The number of hydrogen-bond donors (Lipinski definition) is 1. The average Bonchev–Trinajstić information content (AvgIpc) is 2.68. The number of carbonyl (C=O) groups excluding carboxylic acids is 1. The van der Waals surface area contributed by atoms with Crippen molar-refractivity contribution in [3.63, 3.8) is 0 Å². The maximum Gasteiger partial charge on any atom is 0.416 e. The van der Waals surface area contributed by atoms with Crippen molar-refractivity contribution >= 4 is 12.1 Å². The Morgan fingerprint density at radius 1 is 0.852 bits per heavy atom. The van der Waals surface area contributed by atoms with Gasteiger partial charge in [0.05, 0.1) is 11.8 Å². The van der Waals surface area contributed by atoms with Gasteiger partial charge in [-0.05, 0) is 34.9 Å². The minimum atomic E-state index is -4.50. The molecule has 0 atom stereocenters. The first-order valence-electron chi connectivity index (χ1n) is 8.09. The van der Waals surface area contributed by atoms with E-state index in [-0.39, 0.29) is 5.56 Å². The highest BCUT2D eigenvalue weighted by Crippen LogP contribution is 2.29. The number of amides is 1. The Morgan fingerprint density at radius 3 is 2.19 bits per heavy atom. The summed E-state index contributed by atoms with van der Waals surface area (Å²) in [6.45, 7) is 0. The van der Waals surface area contributed by atoms with Gasteiger partial charge in [-0.15, -0.1) is 0 Å². The molecule has 0 spiro atoms. The fourth-order valence-electron chi connectivity index (χ4n) is 2.46. The van der Waals surface area contributed by atoms with E-state index in [4.69, 9.17) is 0 Å². The molecular formula is C21H15F3N2O. The summed E-state index contributed by atoms with van der Waals surface area (Å²) in [6.07, 6.45) is -3.07. The second-order valence-corrected chi connectivity index (χ2v) is 5.77. The van der Waals surface area contributed by atoms with Crippen LogP contribution in [0, 0.1) is 0 Å². The molecule has 0 saturated carbocycles. The van der Waals surface area contributed by atoms with Gasteiger partial charge in [-0.25, -0.2) is 5.43 Å². The van der Waals surface area contributed by atoms with Crippen LogP contribution in [-0.2, 0) is 6.18 Å². The monoisotopic (exact) mass is 368 g/mol. The minimum Gasteiger partial charge on any atom is -0.267 e. The van der Waals surface area contributed by atoms with Crippen molar-refractivity contribution in [2.45, 2.75) is 6.18 Å². The minimum absolute atomic E-state index is 0.110. The predicted octanol–water partition coefficient (Wildman–Crippen LogP) is 5.14. The molecular weight excluding hydrogens is 353 g/mol. The largest absolute Gasteiger partial charge is 0.416 e. The molecule has 1 amide bonds. The van der Waals surface area contributed by atoms with Gasteiger partial charge in [-0.3, -0.25) is 4.79 Å². The van der Waals surface area contributed by atoms with E-state index < -0.39 is 17.6 Å². The van der Waals surface area contributed by atoms with Crippen LogP contribution in [0.4, 0.5) is 13.2 Å². The highest BCUT2D eigenvalue weighted by molar-refractivity contribution is 5.95. The number of halogens is 3. The van der Waals surface area contributed by atoms with Crippen LogP contribution in [0.3, 0.4) is 0 Å². The lowest BCUT2D eigenvalue weighted by Crippen LogP contribution is -2.18. The lowest BCUT2D eigenvalue weighted by molar-refractivity contribution is -0.137. The summed E-state index contributed by atoms with van der Waals surface area (Å²) in [5, 5.41) is 3.81. The fraction of sp³-hybridized carbons (Fsp3) is 0.0476. The molecule has 3 aromatic carbocycles. The summed E-state index contributed by atoms with van der Waals surface area (Å²) in [5.41, 5.74) is 4.12. The van der Waals surface area contributed by atoms with E-state index in [1.165, 1.54) is 18.3 Å². The second kappa shape index (κ2) is 7.86. The zero-order valence-electron chi connectivity index (χ0n) is 14.1. The number of nitrogens with one attached hydrogen (secondary N) is 1. The van der Waals surface area contributed by atoms with Crippen LogP contribution < -0.4 is 5.43 Å². The van der Waals surface area contributed by atoms with E-state index in [0.717, 1.165) is 28.8 Å². The second-order valence-electron chi connectivity index (χ2n) is 5.77. The molecule has 136 valence electrons. The van der Waals surface area contributed by atoms with Crippen molar-refractivity contribution in [2.24, 2.45) is 5.10 Å². The highest BCUT2D eigenvalue weighted by atomic mass is 19.4. The van der Waals surface area contributed by atoms with Crippen LogP contribution in [0.15, 0.2) is 84.0 Å². The molecule has 0 aliphatic rings. The smallest absolute Gasteiger partial charge is 0.267 e. The molecule has 0 heterocycles. The Bertz CT molecular complexity index is 949. The Morgan fingerprint density at radius 2 is 1.52 bits per heavy atom. The van der Waals surface area contributed by atoms with Crippen molar-refractivity contribution in [2.75, 3.05) is 0 Å². The van der Waals surface area contributed by atoms with Crippen molar-refractivity contribution in [3.8, 4) is 11.1 Å². The zero-order valence-corrected chi connectivity index (χ0v) is 14.1. The molecule has 3 aromatic rings. The zero-order chi connectivity index (χ0) is 19.3. The number of carbonyl (C=O) groups is 1. The van der Waals surface area contributed by atoms with Crippen molar-refractivity contribution in [3.05, 3.63) is 95.6 Å². The van der Waals surface area contributed by atoms with Gasteiger partial charge in [0.25, 0.3) is 5.91 Å². The molecule has 3 rings (SSSR count). The maximum atomic E-state index is 12.7. The van der Waals surface area contributed by atoms with Crippen LogP contribution in [-0.4, -0.2) is 12.1 Å². The number of hydrazone groups is 1. The topological polar surface area (TPSA) is 41.5 Å². The van der Waals surface area contributed by atoms with Gasteiger partial charge < -0.3 is 0 Å². The first-order chi connectivity index (χ1) is 12.9. The number of nitrogens with zero attached hydrogens (tertiary/aromatic N) is 1. The standard InChI is InChI=1S/C21H15F3N2O/c22-21(23,24)19-8-4-7-18(13-19)20(27)26-25-14-15-9-11-17(12-10-15)16-5-2-1-3-6-16/h1-14H,(H,26,27)/b25-14-. The average molecular weight is 368 g/mol. The molecule has 0 aliphatic heterocycles. The van der Waals surface area contributed by atoms with Gasteiger partial charge in [0.1, 0.15) is 0 Å². The number of rotatable bonds is 4. The van der Waals surface area contributed by atoms with E-state index in [1.54, 1.807) is 0 Å². The van der Waals surface area contributed by atoms with Gasteiger partial charge in [0, 0.05) is 5.56 Å². The molecule has 0 unspecified atom stereocenters. The molecule has 3 nitrogen and oxygen atoms in total. The highest BCUT2D eigenvalue weighted by Gasteiger charge is 2.30. The van der Waals surface area contributed by atoms with Crippen molar-refractivity contribution in [1.82, 2.24) is 5.43 Å². The van der Waals surface area contributed by atoms with Crippen LogP contribution >= 0.6 is 0 Å². The van der Waals surface area contributed by atoms with Gasteiger partial charge in [-0.1, -0.05) is 60.7 Å². The van der Waals surface area contributed by atoms with Crippen molar-refractivity contribution in [1.29, 1.82) is 0 Å². The van der Waals surface area contributed by atoms with Gasteiger partial charge in [-0.2, -0.15) is 18.3 Å². The molecule has 0 saturated heterocycles. The molecule has 1 N–H and O–H groups in total. The van der Waals surface area contributed by atoms with Gasteiger partial charge in [0.15, 0.2) is 0 Å². The van der Waals surface area contributed by atoms with E-state index in [9.17, 15) is 18.0 Å². The number of benzene rings is 3. The summed E-state index contributed by atoms with van der Waals surface area (Å²) in [5.74, 6) is -0.710. The van der Waals surface area contributed by atoms with Crippen molar-refractivity contribution < 1.29 is 18.0 Å². The predicted molar refractivity (Wildman–Crippen MR) is 98.4 cm³/mol. The summed E-state index contributed by atoms with van der Waals surface area (Å²) in [7, 11) is 0. The quantitative estimate of drug-likeness (QED) is 0.503. The van der Waals surface area contributed by atoms with E-state index in [1.807, 2.05) is 54.6 Å². The van der Waals surface area contributed by atoms with Crippen LogP contribution in [0.2, 0.25) is 0 Å². The van der Waals surface area contributed by atoms with E-state index >= 15 is 0 Å². The van der Waals surface area contributed by atoms with Crippen LogP contribution in [0.1, 0.15) is 21.5 Å². The third-order valence-electron chi connectivity index (χ3n) is 3.85. The number of hydrogen-bond acceptors (Lipinski definition) is 2. The Labute approximate surface area is 154 Å². The fourth-order valence-corrected chi connectivity index (χ4v) is 2.46. The van der Waals surface area contributed by atoms with E-state index in [0.29, 0.717) is 0 Å². The molecule has 27 heavy (non-hydrogen) atoms. The van der Waals surface area contributed by atoms with E-state index in [2.05, 4.69) is 10.5 Å². The lowest BCUT2D eigenvalue weighted by atomic mass is 10.0. The summed E-state index contributed by atoms with van der Waals surface area (Å²) in [6, 6.07) is 21.5. The summed E-state index contributed by atoms with van der Waals surface area (Å²) < 4.78 is 38.1. The Balaban J connectivity index is 1.64. The molecule has 0 bridgehead atoms. The normalized spacial score (nSPS) is 11.5. The first kappa shape index (κ1) is 18.4. The Kier molecular flexibility index (Phi) is 5.35. The molecule has 0 radical (unpaired) electrons. The Hall–Kier alpha value is -3.41. The molecule has 6 heteroatoms. The third-order valence-corrected chi connectivity index (χ3v) is 3.85. The third kappa shape index (κ3) is 4.82. The van der Waals surface area contributed by atoms with Crippen LogP contribution in [0.5, 0.6) is 0 Å². The lowest BCUT2D eigenvalue weighted by Gasteiger charge is -2.07. The molecule has 0 fully saturated rings. The first-order valence-corrected chi connectivity index (χ1v) is 8.09. The maximum absolute atomic E-state index is 12.7.